The van der Waals surface area contributed by atoms with Gasteiger partial charge in [0.2, 0.25) is 5.91 Å². The Labute approximate surface area is 172 Å². The number of methoxy groups -OCH3 is 1. The summed E-state index contributed by atoms with van der Waals surface area (Å²) in [5.74, 6) is -0.253. The maximum atomic E-state index is 13.6. The van der Waals surface area contributed by atoms with Gasteiger partial charge in [-0.25, -0.2) is 4.39 Å². The van der Waals surface area contributed by atoms with Crippen LogP contribution in [0.15, 0.2) is 77.7 Å². The van der Waals surface area contributed by atoms with Crippen molar-refractivity contribution in [3.05, 3.63) is 84.2 Å². The number of ether oxygens (including phenoxy) is 1. The third-order valence-corrected chi connectivity index (χ3v) is 5.03. The zero-order valence-corrected chi connectivity index (χ0v) is 16.5. The number of carbonyl (C=O) groups excluding carboxylic acids is 2. The predicted molar refractivity (Wildman–Crippen MR) is 113 cm³/mol. The normalized spacial score (nSPS) is 10.3. The number of hydrogen-bond acceptors (Lipinski definition) is 4. The second-order valence-electron chi connectivity index (χ2n) is 6.00. The molecule has 0 heterocycles. The summed E-state index contributed by atoms with van der Waals surface area (Å²) in [7, 11) is 1.53. The summed E-state index contributed by atoms with van der Waals surface area (Å²) in [5, 5.41) is 5.52. The van der Waals surface area contributed by atoms with E-state index in [0.717, 1.165) is 11.8 Å². The van der Waals surface area contributed by atoms with Crippen LogP contribution in [0, 0.1) is 5.82 Å². The van der Waals surface area contributed by atoms with E-state index in [1.54, 1.807) is 60.7 Å². The molecule has 3 aromatic rings. The Morgan fingerprint density at radius 3 is 2.34 bits per heavy atom. The molecule has 3 aromatic carbocycles. The summed E-state index contributed by atoms with van der Waals surface area (Å²) in [6.07, 6.45) is 0. The smallest absolute Gasteiger partial charge is 0.255 e. The number of thioether (sulfide) groups is 1. The summed E-state index contributed by atoms with van der Waals surface area (Å²) >= 11 is 1.12. The van der Waals surface area contributed by atoms with Crippen molar-refractivity contribution in [1.29, 1.82) is 0 Å². The van der Waals surface area contributed by atoms with Gasteiger partial charge in [-0.05, 0) is 48.5 Å². The molecule has 0 spiro atoms. The summed E-state index contributed by atoms with van der Waals surface area (Å²) in [5.41, 5.74) is 1.56. The van der Waals surface area contributed by atoms with Crippen molar-refractivity contribution in [3.63, 3.8) is 0 Å². The molecule has 0 aliphatic carbocycles. The number of benzene rings is 3. The molecule has 148 valence electrons. The van der Waals surface area contributed by atoms with Gasteiger partial charge in [0.25, 0.3) is 5.91 Å². The average Bonchev–Trinajstić information content (AvgIpc) is 2.74. The molecule has 3 rings (SSSR count). The fraction of sp³-hybridized carbons (Fsp3) is 0.0909. The van der Waals surface area contributed by atoms with Crippen LogP contribution in [0.5, 0.6) is 5.75 Å². The van der Waals surface area contributed by atoms with Gasteiger partial charge < -0.3 is 15.4 Å². The molecule has 0 unspecified atom stereocenters. The highest BCUT2D eigenvalue weighted by Crippen LogP contribution is 2.24. The minimum absolute atomic E-state index is 0.0803. The number of rotatable bonds is 7. The zero-order valence-electron chi connectivity index (χ0n) is 15.6. The third kappa shape index (κ3) is 5.58. The summed E-state index contributed by atoms with van der Waals surface area (Å²) in [6, 6.07) is 19.9. The predicted octanol–water partition coefficient (Wildman–Crippen LogP) is 4.82. The topological polar surface area (TPSA) is 67.4 Å². The molecular weight excluding hydrogens is 391 g/mol. The number of anilines is 2. The first-order valence-electron chi connectivity index (χ1n) is 8.78. The van der Waals surface area contributed by atoms with Crippen molar-refractivity contribution in [2.45, 2.75) is 4.90 Å². The fourth-order valence-electron chi connectivity index (χ4n) is 2.55. The van der Waals surface area contributed by atoms with Crippen molar-refractivity contribution in [2.75, 3.05) is 23.5 Å². The van der Waals surface area contributed by atoms with E-state index in [-0.39, 0.29) is 23.4 Å². The molecule has 0 saturated carbocycles. The Bertz CT molecular complexity index is 1010. The van der Waals surface area contributed by atoms with E-state index in [2.05, 4.69) is 10.6 Å². The first kappa shape index (κ1) is 20.4. The van der Waals surface area contributed by atoms with Gasteiger partial charge in [0.05, 0.1) is 18.6 Å². The van der Waals surface area contributed by atoms with Crippen LogP contribution in [0.4, 0.5) is 15.8 Å². The van der Waals surface area contributed by atoms with Crippen LogP contribution >= 0.6 is 11.8 Å². The lowest BCUT2D eigenvalue weighted by molar-refractivity contribution is -0.113. The van der Waals surface area contributed by atoms with E-state index in [9.17, 15) is 14.0 Å². The fourth-order valence-corrected chi connectivity index (χ4v) is 3.29. The maximum Gasteiger partial charge on any atom is 0.255 e. The minimum Gasteiger partial charge on any atom is -0.495 e. The Morgan fingerprint density at radius 2 is 1.62 bits per heavy atom. The highest BCUT2D eigenvalue weighted by Gasteiger charge is 2.10. The highest BCUT2D eigenvalue weighted by atomic mass is 32.2. The van der Waals surface area contributed by atoms with Crippen LogP contribution < -0.4 is 15.4 Å². The van der Waals surface area contributed by atoms with Gasteiger partial charge in [0.1, 0.15) is 11.6 Å². The molecule has 29 heavy (non-hydrogen) atoms. The van der Waals surface area contributed by atoms with Crippen LogP contribution in [0.2, 0.25) is 0 Å². The lowest BCUT2D eigenvalue weighted by Gasteiger charge is -2.10. The van der Waals surface area contributed by atoms with E-state index in [1.165, 1.54) is 13.2 Å². The lowest BCUT2D eigenvalue weighted by atomic mass is 10.2. The van der Waals surface area contributed by atoms with Crippen LogP contribution in [0.25, 0.3) is 0 Å². The van der Waals surface area contributed by atoms with Gasteiger partial charge in [-0.1, -0.05) is 24.3 Å². The average molecular weight is 410 g/mol. The number of nitrogens with one attached hydrogen (secondary N) is 2. The number of amides is 2. The van der Waals surface area contributed by atoms with E-state index >= 15 is 0 Å². The van der Waals surface area contributed by atoms with Crippen molar-refractivity contribution < 1.29 is 18.7 Å². The van der Waals surface area contributed by atoms with Gasteiger partial charge >= 0.3 is 0 Å². The monoisotopic (exact) mass is 410 g/mol. The SMILES string of the molecule is COc1ccccc1NC(=O)c1ccc(NC(=O)CSc2ccccc2F)cc1. The Hall–Kier alpha value is -3.32. The molecule has 2 N–H and O–H groups in total. The molecule has 5 nitrogen and oxygen atoms in total. The number of hydrogen-bond donors (Lipinski definition) is 2. The summed E-state index contributed by atoms with van der Waals surface area (Å²) in [6.45, 7) is 0. The molecule has 0 radical (unpaired) electrons. The number of carbonyl (C=O) groups is 2. The number of halogens is 1. The van der Waals surface area contributed by atoms with Gasteiger partial charge in [0.15, 0.2) is 0 Å². The molecule has 7 heteroatoms. The first-order valence-corrected chi connectivity index (χ1v) is 9.77. The molecular formula is C22H19FN2O3S. The Morgan fingerprint density at radius 1 is 0.931 bits per heavy atom. The summed E-state index contributed by atoms with van der Waals surface area (Å²) < 4.78 is 18.8. The van der Waals surface area contributed by atoms with Crippen molar-refractivity contribution in [2.24, 2.45) is 0 Å². The molecule has 0 aliphatic rings. The lowest BCUT2D eigenvalue weighted by Crippen LogP contribution is -2.15. The molecule has 0 bridgehead atoms. The van der Waals surface area contributed by atoms with Crippen molar-refractivity contribution in [3.8, 4) is 5.75 Å². The maximum absolute atomic E-state index is 13.6. The van der Waals surface area contributed by atoms with Gasteiger partial charge in [0, 0.05) is 16.1 Å². The molecule has 0 fully saturated rings. The van der Waals surface area contributed by atoms with Gasteiger partial charge in [-0.2, -0.15) is 0 Å². The largest absolute Gasteiger partial charge is 0.495 e. The molecule has 0 aromatic heterocycles. The second-order valence-corrected chi connectivity index (χ2v) is 7.02. The third-order valence-electron chi connectivity index (χ3n) is 3.98. The summed E-state index contributed by atoms with van der Waals surface area (Å²) in [4.78, 5) is 24.9. The van der Waals surface area contributed by atoms with Crippen LogP contribution in [-0.2, 0) is 4.79 Å². The molecule has 2 amide bonds. The highest BCUT2D eigenvalue weighted by molar-refractivity contribution is 8.00. The quantitative estimate of drug-likeness (QED) is 0.548. The minimum atomic E-state index is -0.351. The Kier molecular flexibility index (Phi) is 6.86. The van der Waals surface area contributed by atoms with Crippen LogP contribution in [0.1, 0.15) is 10.4 Å². The molecule has 0 saturated heterocycles. The van der Waals surface area contributed by atoms with Crippen molar-refractivity contribution >= 4 is 35.0 Å². The molecule has 0 atom stereocenters. The first-order chi connectivity index (χ1) is 14.1. The van der Waals surface area contributed by atoms with Crippen LogP contribution in [0.3, 0.4) is 0 Å². The van der Waals surface area contributed by atoms with E-state index in [1.807, 2.05) is 6.07 Å². The number of para-hydroxylation sites is 2. The van der Waals surface area contributed by atoms with Crippen LogP contribution in [-0.4, -0.2) is 24.7 Å². The van der Waals surface area contributed by atoms with E-state index in [4.69, 9.17) is 4.74 Å². The van der Waals surface area contributed by atoms with Gasteiger partial charge in [-0.3, -0.25) is 9.59 Å². The standard InChI is InChI=1S/C22H19FN2O3S/c1-28-19-8-4-3-7-18(19)25-22(27)15-10-12-16(13-11-15)24-21(26)14-29-20-9-5-2-6-17(20)23/h2-13H,14H2,1H3,(H,24,26)(H,25,27). The van der Waals surface area contributed by atoms with Crippen molar-refractivity contribution in [1.82, 2.24) is 0 Å². The molecule has 0 aliphatic heterocycles. The zero-order chi connectivity index (χ0) is 20.6. The van der Waals surface area contributed by atoms with E-state index in [0.29, 0.717) is 27.6 Å². The second kappa shape index (κ2) is 9.75. The Balaban J connectivity index is 1.56. The van der Waals surface area contributed by atoms with Gasteiger partial charge in [-0.15, -0.1) is 11.8 Å². The van der Waals surface area contributed by atoms with E-state index < -0.39 is 0 Å².